The number of pyridine rings is 1. The van der Waals surface area contributed by atoms with Crippen molar-refractivity contribution < 1.29 is 23.9 Å². The minimum absolute atomic E-state index is 0.106. The number of carbonyl (C=O) groups is 1. The molecule has 2 aromatic carbocycles. The first kappa shape index (κ1) is 25.6. The Kier molecular flexibility index (Phi) is 7.94. The van der Waals surface area contributed by atoms with Gasteiger partial charge in [0, 0.05) is 41.7 Å². The number of fused-ring (bicyclic) bond motifs is 1. The summed E-state index contributed by atoms with van der Waals surface area (Å²) in [6.07, 6.45) is 3.42. The Morgan fingerprint density at radius 3 is 2.57 bits per heavy atom. The zero-order chi connectivity index (χ0) is 26.4. The van der Waals surface area contributed by atoms with Gasteiger partial charge in [-0.05, 0) is 43.7 Å². The van der Waals surface area contributed by atoms with Crippen molar-refractivity contribution in [2.75, 3.05) is 12.1 Å². The lowest BCUT2D eigenvalue weighted by Crippen LogP contribution is -2.19. The van der Waals surface area contributed by atoms with Gasteiger partial charge in [-0.15, -0.1) is 0 Å². The van der Waals surface area contributed by atoms with E-state index in [1.165, 1.54) is 12.1 Å². The highest BCUT2D eigenvalue weighted by atomic mass is 35.5. The van der Waals surface area contributed by atoms with Gasteiger partial charge in [0.1, 0.15) is 5.52 Å². The van der Waals surface area contributed by atoms with Crippen LogP contribution in [0.2, 0.25) is 5.02 Å². The molecule has 12 heteroatoms. The van der Waals surface area contributed by atoms with Crippen molar-refractivity contribution in [3.05, 3.63) is 93.4 Å². The number of nitro benzene ring substituents is 1. The lowest BCUT2D eigenvalue weighted by molar-refractivity contribution is -0.384. The number of anilines is 1. The average molecular weight is 524 g/mol. The number of carbonyl (C=O) groups excluding carboxylic acids is 1. The number of nitrogens with one attached hydrogen (secondary N) is 1. The minimum atomic E-state index is -0.895. The number of nitrogens with zero attached hydrogens (tertiary/aromatic N) is 4. The molecule has 37 heavy (non-hydrogen) atoms. The normalized spacial score (nSPS) is 11.7. The van der Waals surface area contributed by atoms with Gasteiger partial charge in [-0.25, -0.2) is 14.8 Å². The van der Waals surface area contributed by atoms with Crippen LogP contribution < -0.4 is 10.1 Å². The molecule has 0 aliphatic carbocycles. The summed E-state index contributed by atoms with van der Waals surface area (Å²) in [6.45, 7) is 2.91. The molecule has 0 fully saturated rings. The summed E-state index contributed by atoms with van der Waals surface area (Å²) < 4.78 is 16.0. The van der Waals surface area contributed by atoms with Gasteiger partial charge in [-0.1, -0.05) is 23.7 Å². The average Bonchev–Trinajstić information content (AvgIpc) is 2.89. The number of rotatable bonds is 9. The summed E-state index contributed by atoms with van der Waals surface area (Å²) in [5.74, 6) is 0.510. The van der Waals surface area contributed by atoms with Crippen molar-refractivity contribution in [2.24, 2.45) is 0 Å². The van der Waals surface area contributed by atoms with E-state index in [4.69, 9.17) is 25.8 Å². The largest absolute Gasteiger partial charge is 0.511 e. The van der Waals surface area contributed by atoms with E-state index in [9.17, 15) is 14.9 Å². The molecular formula is C25H22ClN5O6. The van der Waals surface area contributed by atoms with Gasteiger partial charge in [-0.2, -0.15) is 0 Å². The van der Waals surface area contributed by atoms with E-state index < -0.39 is 23.9 Å². The van der Waals surface area contributed by atoms with Crippen molar-refractivity contribution in [2.45, 2.75) is 26.0 Å². The summed E-state index contributed by atoms with van der Waals surface area (Å²) in [4.78, 5) is 35.8. The van der Waals surface area contributed by atoms with Crippen LogP contribution in [0, 0.1) is 10.1 Å². The quantitative estimate of drug-likeness (QED) is 0.126. The Labute approximate surface area is 216 Å². The number of hydrogen-bond acceptors (Lipinski definition) is 10. The third-order valence-corrected chi connectivity index (χ3v) is 5.41. The second-order valence-corrected chi connectivity index (χ2v) is 8.41. The molecule has 0 aliphatic rings. The number of nitro groups is 1. The fourth-order valence-corrected chi connectivity index (χ4v) is 3.86. The Bertz CT molecular complexity index is 1420. The smallest absolute Gasteiger partial charge is 0.455 e. The molecule has 0 aliphatic heterocycles. The predicted molar refractivity (Wildman–Crippen MR) is 136 cm³/mol. The van der Waals surface area contributed by atoms with Gasteiger partial charge in [0.15, 0.2) is 5.75 Å². The van der Waals surface area contributed by atoms with Crippen molar-refractivity contribution in [1.29, 1.82) is 0 Å². The van der Waals surface area contributed by atoms with E-state index in [1.807, 2.05) is 0 Å². The summed E-state index contributed by atoms with van der Waals surface area (Å²) in [5.41, 5.74) is 1.27. The molecule has 1 unspecified atom stereocenters. The zero-order valence-electron chi connectivity index (χ0n) is 19.8. The Balaban J connectivity index is 1.83. The van der Waals surface area contributed by atoms with E-state index in [0.29, 0.717) is 27.1 Å². The fraction of sp³-hybridized carbons (Fsp3) is 0.200. The van der Waals surface area contributed by atoms with Gasteiger partial charge < -0.3 is 19.5 Å². The SMILES string of the molecule is CC(C)OC(=O)OCOc1c(C(Nc2ncccn2)c2cccc([N+](=O)[O-])c2)cc(Cl)c2cccnc12. The lowest BCUT2D eigenvalue weighted by atomic mass is 9.95. The molecule has 0 radical (unpaired) electrons. The molecule has 0 bridgehead atoms. The van der Waals surface area contributed by atoms with Gasteiger partial charge >= 0.3 is 6.16 Å². The Hall–Kier alpha value is -4.51. The van der Waals surface area contributed by atoms with Crippen LogP contribution in [0.1, 0.15) is 31.0 Å². The molecule has 0 saturated heterocycles. The maximum Gasteiger partial charge on any atom is 0.511 e. The second kappa shape index (κ2) is 11.5. The predicted octanol–water partition coefficient (Wildman–Crippen LogP) is 5.69. The van der Waals surface area contributed by atoms with Crippen LogP contribution in [0.3, 0.4) is 0 Å². The van der Waals surface area contributed by atoms with Crippen LogP contribution >= 0.6 is 11.6 Å². The van der Waals surface area contributed by atoms with Crippen LogP contribution in [0.5, 0.6) is 5.75 Å². The van der Waals surface area contributed by atoms with Crippen LogP contribution in [0.25, 0.3) is 10.9 Å². The maximum absolute atomic E-state index is 11.9. The minimum Gasteiger partial charge on any atom is -0.455 e. The monoisotopic (exact) mass is 523 g/mol. The molecule has 2 aromatic heterocycles. The molecule has 4 rings (SSSR count). The topological polar surface area (TPSA) is 139 Å². The summed E-state index contributed by atoms with van der Waals surface area (Å²) >= 11 is 6.62. The number of ether oxygens (including phenoxy) is 3. The molecular weight excluding hydrogens is 502 g/mol. The lowest BCUT2D eigenvalue weighted by Gasteiger charge is -2.23. The van der Waals surface area contributed by atoms with Crippen LogP contribution in [0.4, 0.5) is 16.4 Å². The first-order chi connectivity index (χ1) is 17.8. The van der Waals surface area contributed by atoms with Crippen molar-refractivity contribution in [3.8, 4) is 5.75 Å². The number of halogens is 1. The number of hydrogen-bond donors (Lipinski definition) is 1. The highest BCUT2D eigenvalue weighted by Gasteiger charge is 2.25. The molecule has 4 aromatic rings. The van der Waals surface area contributed by atoms with Crippen molar-refractivity contribution in [3.63, 3.8) is 0 Å². The van der Waals surface area contributed by atoms with Gasteiger partial charge in [-0.3, -0.25) is 15.1 Å². The highest BCUT2D eigenvalue weighted by molar-refractivity contribution is 6.35. The number of non-ortho nitro benzene ring substituents is 1. The van der Waals surface area contributed by atoms with E-state index in [1.54, 1.807) is 68.8 Å². The molecule has 0 amide bonds. The zero-order valence-corrected chi connectivity index (χ0v) is 20.6. The van der Waals surface area contributed by atoms with Crippen LogP contribution in [-0.2, 0) is 9.47 Å². The van der Waals surface area contributed by atoms with E-state index >= 15 is 0 Å². The van der Waals surface area contributed by atoms with Gasteiger partial charge in [0.25, 0.3) is 5.69 Å². The molecule has 190 valence electrons. The first-order valence-electron chi connectivity index (χ1n) is 11.1. The number of aromatic nitrogens is 3. The van der Waals surface area contributed by atoms with E-state index in [-0.39, 0.29) is 23.5 Å². The maximum atomic E-state index is 11.9. The molecule has 0 saturated carbocycles. The standard InChI is InChI=1S/C25H22ClN5O6/c1-15(2)37-25(32)36-14-35-23-19(13-20(26)18-8-4-9-27-22(18)23)21(30-24-28-10-5-11-29-24)16-6-3-7-17(12-16)31(33)34/h3-13,15,21H,14H2,1-2H3,(H,28,29,30). The van der Waals surface area contributed by atoms with Crippen LogP contribution in [-0.4, -0.2) is 38.9 Å². The Morgan fingerprint density at radius 2 is 1.84 bits per heavy atom. The highest BCUT2D eigenvalue weighted by Crippen LogP contribution is 2.40. The van der Waals surface area contributed by atoms with E-state index in [2.05, 4.69) is 20.3 Å². The summed E-state index contributed by atoms with van der Waals surface area (Å²) in [5, 5.41) is 15.7. The summed E-state index contributed by atoms with van der Waals surface area (Å²) in [6, 6.07) is 12.2. The van der Waals surface area contributed by atoms with Gasteiger partial charge in [0.05, 0.1) is 22.1 Å². The van der Waals surface area contributed by atoms with Crippen molar-refractivity contribution >= 4 is 40.3 Å². The molecule has 1 atom stereocenters. The third kappa shape index (κ3) is 6.19. The number of benzene rings is 2. The first-order valence-corrected chi connectivity index (χ1v) is 11.5. The third-order valence-electron chi connectivity index (χ3n) is 5.10. The second-order valence-electron chi connectivity index (χ2n) is 8.00. The molecule has 2 heterocycles. The molecule has 11 nitrogen and oxygen atoms in total. The van der Waals surface area contributed by atoms with Crippen molar-refractivity contribution in [1.82, 2.24) is 15.0 Å². The summed E-state index contributed by atoms with van der Waals surface area (Å²) in [7, 11) is 0. The van der Waals surface area contributed by atoms with E-state index in [0.717, 1.165) is 0 Å². The van der Waals surface area contributed by atoms with Crippen LogP contribution in [0.15, 0.2) is 67.1 Å². The molecule has 1 N–H and O–H groups in total. The molecule has 0 spiro atoms. The fourth-order valence-electron chi connectivity index (χ4n) is 3.59. The Morgan fingerprint density at radius 1 is 1.08 bits per heavy atom. The van der Waals surface area contributed by atoms with Gasteiger partial charge in [0.2, 0.25) is 12.7 Å².